The fraction of sp³-hybridized carbons (Fsp3) is 0.300. The van der Waals surface area contributed by atoms with Crippen molar-refractivity contribution in [1.82, 2.24) is 4.90 Å². The maximum absolute atomic E-state index is 13.5. The van der Waals surface area contributed by atoms with Gasteiger partial charge in [0, 0.05) is 13.1 Å². The molecule has 1 heterocycles. The van der Waals surface area contributed by atoms with E-state index >= 15 is 0 Å². The smallest absolute Gasteiger partial charge is 0.305 e. The molecule has 0 aromatic heterocycles. The molecule has 2 aromatic carbocycles. The minimum atomic E-state index is -1.05. The fourth-order valence-electron chi connectivity index (χ4n) is 3.12. The summed E-state index contributed by atoms with van der Waals surface area (Å²) < 4.78 is 32.3. The van der Waals surface area contributed by atoms with E-state index in [4.69, 9.17) is 9.84 Å². The van der Waals surface area contributed by atoms with E-state index in [1.807, 2.05) is 24.3 Å². The zero-order valence-electron chi connectivity index (χ0n) is 14.5. The van der Waals surface area contributed by atoms with Crippen molar-refractivity contribution < 1.29 is 28.2 Å². The number of nitrogens with zero attached hydrogens (tertiary/aromatic N) is 1. The molecule has 1 aliphatic heterocycles. The van der Waals surface area contributed by atoms with E-state index in [1.54, 1.807) is 0 Å². The van der Waals surface area contributed by atoms with Crippen LogP contribution in [0.2, 0.25) is 0 Å². The van der Waals surface area contributed by atoms with Crippen LogP contribution in [0, 0.1) is 11.6 Å². The van der Waals surface area contributed by atoms with Gasteiger partial charge in [0.15, 0.2) is 17.7 Å². The van der Waals surface area contributed by atoms with E-state index in [9.17, 15) is 18.4 Å². The molecule has 0 radical (unpaired) electrons. The van der Waals surface area contributed by atoms with Crippen LogP contribution in [0.25, 0.3) is 0 Å². The van der Waals surface area contributed by atoms with Gasteiger partial charge in [-0.25, -0.2) is 8.78 Å². The number of ether oxygens (including phenoxy) is 1. The number of aliphatic carboxylic acids is 1. The first-order valence-corrected chi connectivity index (χ1v) is 8.59. The molecule has 1 amide bonds. The summed E-state index contributed by atoms with van der Waals surface area (Å²) in [7, 11) is 0. The predicted molar refractivity (Wildman–Crippen MR) is 92.9 cm³/mol. The highest BCUT2D eigenvalue weighted by atomic mass is 19.2. The van der Waals surface area contributed by atoms with Crippen LogP contribution in [0.5, 0.6) is 0 Å². The Kier molecular flexibility index (Phi) is 5.81. The summed E-state index contributed by atoms with van der Waals surface area (Å²) in [6.45, 7) is 0.284. The summed E-state index contributed by atoms with van der Waals surface area (Å²) >= 11 is 0. The van der Waals surface area contributed by atoms with E-state index in [2.05, 4.69) is 0 Å². The van der Waals surface area contributed by atoms with Crippen molar-refractivity contribution in [2.45, 2.75) is 25.5 Å². The lowest BCUT2D eigenvalue weighted by molar-refractivity contribution is -0.147. The highest BCUT2D eigenvalue weighted by molar-refractivity contribution is 5.83. The number of rotatable bonds is 6. The molecule has 3 rings (SSSR count). The van der Waals surface area contributed by atoms with Crippen LogP contribution in [0.4, 0.5) is 8.78 Å². The van der Waals surface area contributed by atoms with Crippen molar-refractivity contribution in [3.8, 4) is 0 Å². The van der Waals surface area contributed by atoms with Gasteiger partial charge in [0.25, 0.3) is 5.91 Å². The van der Waals surface area contributed by atoms with E-state index in [-0.39, 0.29) is 19.5 Å². The Balaban J connectivity index is 1.85. The molecule has 7 heteroatoms. The van der Waals surface area contributed by atoms with E-state index < -0.39 is 29.6 Å². The first kappa shape index (κ1) is 19.0. The van der Waals surface area contributed by atoms with Crippen molar-refractivity contribution in [3.05, 3.63) is 70.8 Å². The Morgan fingerprint density at radius 2 is 1.93 bits per heavy atom. The van der Waals surface area contributed by atoms with Gasteiger partial charge in [-0.15, -0.1) is 0 Å². The molecule has 5 nitrogen and oxygen atoms in total. The van der Waals surface area contributed by atoms with Crippen LogP contribution in [0.1, 0.15) is 29.2 Å². The highest BCUT2D eigenvalue weighted by Crippen LogP contribution is 2.29. The van der Waals surface area contributed by atoms with Gasteiger partial charge in [-0.2, -0.15) is 0 Å². The molecule has 0 aliphatic carbocycles. The Hall–Kier alpha value is -2.80. The molecule has 0 saturated heterocycles. The number of carboxylic acids is 1. The van der Waals surface area contributed by atoms with Gasteiger partial charge < -0.3 is 14.7 Å². The first-order valence-electron chi connectivity index (χ1n) is 8.59. The number of amides is 1. The van der Waals surface area contributed by atoms with Crippen molar-refractivity contribution in [2.24, 2.45) is 0 Å². The number of hydrogen-bond acceptors (Lipinski definition) is 3. The minimum Gasteiger partial charge on any atom is -0.481 e. The fourth-order valence-corrected chi connectivity index (χ4v) is 3.12. The number of fused-ring (bicyclic) bond motifs is 1. The molecular formula is C20H19F2NO4. The second-order valence-electron chi connectivity index (χ2n) is 6.35. The normalized spacial score (nSPS) is 15.9. The number of hydrogen-bond donors (Lipinski definition) is 1. The Morgan fingerprint density at radius 1 is 1.15 bits per heavy atom. The second-order valence-corrected chi connectivity index (χ2v) is 6.35. The summed E-state index contributed by atoms with van der Waals surface area (Å²) in [5.41, 5.74) is 2.13. The van der Waals surface area contributed by atoms with Crippen molar-refractivity contribution in [2.75, 3.05) is 13.2 Å². The molecule has 0 bridgehead atoms. The SMILES string of the molecule is O=C(O)CCN(Cc1ccc(F)c(F)c1)C(=O)C1OCCc2ccccc21. The zero-order valence-corrected chi connectivity index (χ0v) is 14.5. The molecule has 142 valence electrons. The van der Waals surface area contributed by atoms with Gasteiger partial charge in [0.1, 0.15) is 0 Å². The molecular weight excluding hydrogens is 356 g/mol. The van der Waals surface area contributed by atoms with E-state index in [0.29, 0.717) is 18.6 Å². The summed E-state index contributed by atoms with van der Waals surface area (Å²) in [5, 5.41) is 8.98. The molecule has 0 spiro atoms. The average molecular weight is 375 g/mol. The summed E-state index contributed by atoms with van der Waals surface area (Å²) in [6.07, 6.45) is -0.406. The molecule has 1 atom stereocenters. The first-order chi connectivity index (χ1) is 13.0. The lowest BCUT2D eigenvalue weighted by atomic mass is 9.96. The number of halogens is 2. The lowest BCUT2D eigenvalue weighted by Crippen LogP contribution is -2.38. The zero-order chi connectivity index (χ0) is 19.4. The predicted octanol–water partition coefficient (Wildman–Crippen LogP) is 3.08. The topological polar surface area (TPSA) is 66.8 Å². The standard InChI is InChI=1S/C20H19F2NO4/c21-16-6-5-13(11-17(16)22)12-23(9-7-18(24)25)20(26)19-15-4-2-1-3-14(15)8-10-27-19/h1-6,11,19H,7-10,12H2,(H,24,25). The molecule has 27 heavy (non-hydrogen) atoms. The van der Waals surface area contributed by atoms with E-state index in [1.165, 1.54) is 11.0 Å². The van der Waals surface area contributed by atoms with Crippen LogP contribution in [0.15, 0.2) is 42.5 Å². The third-order valence-electron chi connectivity index (χ3n) is 4.48. The van der Waals surface area contributed by atoms with Crippen LogP contribution < -0.4 is 0 Å². The maximum atomic E-state index is 13.5. The van der Waals surface area contributed by atoms with Gasteiger partial charge in [-0.1, -0.05) is 30.3 Å². The van der Waals surface area contributed by atoms with Crippen molar-refractivity contribution in [3.63, 3.8) is 0 Å². The number of carbonyl (C=O) groups is 2. The average Bonchev–Trinajstić information content (AvgIpc) is 2.66. The van der Waals surface area contributed by atoms with Gasteiger partial charge in [0.2, 0.25) is 0 Å². The molecule has 2 aromatic rings. The Morgan fingerprint density at radius 3 is 2.67 bits per heavy atom. The van der Waals surface area contributed by atoms with Crippen LogP contribution in [-0.2, 0) is 27.3 Å². The third kappa shape index (κ3) is 4.49. The Labute approximate surface area is 155 Å². The maximum Gasteiger partial charge on any atom is 0.305 e. The van der Waals surface area contributed by atoms with Crippen LogP contribution in [0.3, 0.4) is 0 Å². The van der Waals surface area contributed by atoms with E-state index in [0.717, 1.165) is 23.3 Å². The van der Waals surface area contributed by atoms with Gasteiger partial charge >= 0.3 is 5.97 Å². The second kappa shape index (κ2) is 8.26. The molecule has 1 N–H and O–H groups in total. The van der Waals surface area contributed by atoms with Crippen LogP contribution in [-0.4, -0.2) is 35.0 Å². The van der Waals surface area contributed by atoms with Gasteiger partial charge in [0.05, 0.1) is 13.0 Å². The van der Waals surface area contributed by atoms with Gasteiger partial charge in [-0.05, 0) is 35.2 Å². The summed E-state index contributed by atoms with van der Waals surface area (Å²) in [6, 6.07) is 10.8. The third-order valence-corrected chi connectivity index (χ3v) is 4.48. The molecule has 0 saturated carbocycles. The largest absolute Gasteiger partial charge is 0.481 e. The minimum absolute atomic E-state index is 0.0364. The number of benzene rings is 2. The molecule has 0 fully saturated rings. The Bertz CT molecular complexity index is 856. The lowest BCUT2D eigenvalue weighted by Gasteiger charge is -2.31. The van der Waals surface area contributed by atoms with Gasteiger partial charge in [-0.3, -0.25) is 9.59 Å². The van der Waals surface area contributed by atoms with Crippen molar-refractivity contribution >= 4 is 11.9 Å². The monoisotopic (exact) mass is 375 g/mol. The molecule has 1 unspecified atom stereocenters. The quantitative estimate of drug-likeness (QED) is 0.843. The van der Waals surface area contributed by atoms with Crippen LogP contribution >= 0.6 is 0 Å². The number of carboxylic acid groups (broad SMARTS) is 1. The van der Waals surface area contributed by atoms with Crippen molar-refractivity contribution in [1.29, 1.82) is 0 Å². The summed E-state index contributed by atoms with van der Waals surface area (Å²) in [5.74, 6) is -3.44. The highest BCUT2D eigenvalue weighted by Gasteiger charge is 2.31. The summed E-state index contributed by atoms with van der Waals surface area (Å²) in [4.78, 5) is 25.4. The number of carbonyl (C=O) groups excluding carboxylic acids is 1. The molecule has 1 aliphatic rings.